The summed E-state index contributed by atoms with van der Waals surface area (Å²) < 4.78 is 0. The highest BCUT2D eigenvalue weighted by Gasteiger charge is 2.30. The van der Waals surface area contributed by atoms with Crippen molar-refractivity contribution in [3.05, 3.63) is 16.1 Å². The van der Waals surface area contributed by atoms with E-state index in [4.69, 9.17) is 0 Å². The van der Waals surface area contributed by atoms with E-state index in [2.05, 4.69) is 42.9 Å². The van der Waals surface area contributed by atoms with E-state index in [0.29, 0.717) is 18.0 Å². The number of thiazole rings is 1. The molecule has 18 heavy (non-hydrogen) atoms. The Balaban J connectivity index is 2.12. The minimum absolute atomic E-state index is 0.449. The molecule has 1 aromatic rings. The van der Waals surface area contributed by atoms with Crippen LogP contribution in [0.5, 0.6) is 0 Å². The first kappa shape index (κ1) is 14.0. The fourth-order valence-corrected chi connectivity index (χ4v) is 3.59. The number of piperazine rings is 1. The molecule has 0 aliphatic carbocycles. The summed E-state index contributed by atoms with van der Waals surface area (Å²) in [4.78, 5) is 8.63. The van der Waals surface area contributed by atoms with Crippen molar-refractivity contribution in [2.45, 2.75) is 46.2 Å². The predicted octanol–water partition coefficient (Wildman–Crippen LogP) is 2.70. The van der Waals surface area contributed by atoms with Gasteiger partial charge in [-0.15, -0.1) is 11.3 Å². The Labute approximate surface area is 115 Å². The van der Waals surface area contributed by atoms with Gasteiger partial charge >= 0.3 is 0 Å². The van der Waals surface area contributed by atoms with Crippen LogP contribution in [0.25, 0.3) is 0 Å². The van der Waals surface area contributed by atoms with Crippen LogP contribution >= 0.6 is 11.3 Å². The van der Waals surface area contributed by atoms with Crippen LogP contribution in [-0.4, -0.2) is 35.6 Å². The maximum Gasteiger partial charge on any atom is 0.110 e. The van der Waals surface area contributed by atoms with Crippen molar-refractivity contribution in [2.75, 3.05) is 19.6 Å². The average Bonchev–Trinajstić information content (AvgIpc) is 2.86. The zero-order valence-corrected chi connectivity index (χ0v) is 12.8. The first-order valence-electron chi connectivity index (χ1n) is 7.04. The SMILES string of the molecule is CCc1cnc(C(C)N2CCNCC2C(C)C)s1. The van der Waals surface area contributed by atoms with Gasteiger partial charge in [-0.1, -0.05) is 20.8 Å². The Morgan fingerprint density at radius 3 is 2.89 bits per heavy atom. The van der Waals surface area contributed by atoms with Gasteiger partial charge in [0.1, 0.15) is 5.01 Å². The smallest absolute Gasteiger partial charge is 0.110 e. The van der Waals surface area contributed by atoms with Crippen molar-refractivity contribution in [1.29, 1.82) is 0 Å². The molecule has 2 rings (SSSR count). The van der Waals surface area contributed by atoms with Gasteiger partial charge in [-0.05, 0) is 19.3 Å². The number of rotatable bonds is 4. The standard InChI is InChI=1S/C14H25N3S/c1-5-12-8-16-14(18-12)11(4)17-7-6-15-9-13(17)10(2)3/h8,10-11,13,15H,5-7,9H2,1-4H3. The molecule has 1 aliphatic rings. The van der Waals surface area contributed by atoms with Gasteiger partial charge in [0.25, 0.3) is 0 Å². The van der Waals surface area contributed by atoms with E-state index in [-0.39, 0.29) is 0 Å². The molecule has 1 aromatic heterocycles. The van der Waals surface area contributed by atoms with Crippen LogP contribution in [0, 0.1) is 5.92 Å². The lowest BCUT2D eigenvalue weighted by Crippen LogP contribution is -2.54. The number of nitrogens with zero attached hydrogens (tertiary/aromatic N) is 2. The summed E-state index contributed by atoms with van der Waals surface area (Å²) >= 11 is 1.88. The summed E-state index contributed by atoms with van der Waals surface area (Å²) in [6.07, 6.45) is 3.14. The zero-order valence-electron chi connectivity index (χ0n) is 11.9. The number of hydrogen-bond acceptors (Lipinski definition) is 4. The molecular formula is C14H25N3S. The Kier molecular flexibility index (Phi) is 4.76. The van der Waals surface area contributed by atoms with E-state index in [1.54, 1.807) is 0 Å². The van der Waals surface area contributed by atoms with E-state index >= 15 is 0 Å². The summed E-state index contributed by atoms with van der Waals surface area (Å²) in [7, 11) is 0. The van der Waals surface area contributed by atoms with E-state index in [0.717, 1.165) is 26.1 Å². The van der Waals surface area contributed by atoms with E-state index in [1.807, 2.05) is 17.5 Å². The van der Waals surface area contributed by atoms with E-state index in [9.17, 15) is 0 Å². The Hall–Kier alpha value is -0.450. The second-order valence-corrected chi connectivity index (χ2v) is 6.59. The molecule has 1 fully saturated rings. The molecule has 2 heterocycles. The predicted molar refractivity (Wildman–Crippen MR) is 78.1 cm³/mol. The van der Waals surface area contributed by atoms with Crippen LogP contribution in [0.2, 0.25) is 0 Å². The maximum absolute atomic E-state index is 4.61. The van der Waals surface area contributed by atoms with Gasteiger partial charge in [-0.25, -0.2) is 4.98 Å². The molecule has 0 saturated carbocycles. The normalized spacial score (nSPS) is 23.5. The molecule has 4 heteroatoms. The topological polar surface area (TPSA) is 28.2 Å². The molecule has 0 amide bonds. The largest absolute Gasteiger partial charge is 0.314 e. The highest BCUT2D eigenvalue weighted by molar-refractivity contribution is 7.11. The fourth-order valence-electron chi connectivity index (χ4n) is 2.66. The summed E-state index contributed by atoms with van der Waals surface area (Å²) in [5, 5.41) is 4.79. The summed E-state index contributed by atoms with van der Waals surface area (Å²) in [6.45, 7) is 12.5. The number of nitrogens with one attached hydrogen (secondary N) is 1. The molecule has 0 spiro atoms. The number of hydrogen-bond donors (Lipinski definition) is 1. The van der Waals surface area contributed by atoms with Gasteiger partial charge in [0.2, 0.25) is 0 Å². The van der Waals surface area contributed by atoms with E-state index in [1.165, 1.54) is 9.88 Å². The third-order valence-corrected chi connectivity index (χ3v) is 5.18. The molecule has 102 valence electrons. The third kappa shape index (κ3) is 2.92. The van der Waals surface area contributed by atoms with Gasteiger partial charge in [0.05, 0.1) is 6.04 Å². The lowest BCUT2D eigenvalue weighted by molar-refractivity contribution is 0.0842. The van der Waals surface area contributed by atoms with E-state index < -0.39 is 0 Å². The van der Waals surface area contributed by atoms with Crippen LogP contribution in [0.15, 0.2) is 6.20 Å². The van der Waals surface area contributed by atoms with Crippen molar-refractivity contribution in [3.8, 4) is 0 Å². The van der Waals surface area contributed by atoms with Crippen LogP contribution in [-0.2, 0) is 6.42 Å². The maximum atomic E-state index is 4.61. The highest BCUT2D eigenvalue weighted by atomic mass is 32.1. The Bertz CT molecular complexity index is 375. The second kappa shape index (κ2) is 6.13. The molecule has 2 atom stereocenters. The summed E-state index contributed by atoms with van der Waals surface area (Å²) in [5.74, 6) is 0.686. The minimum atomic E-state index is 0.449. The number of aryl methyl sites for hydroxylation is 1. The molecule has 2 unspecified atom stereocenters. The molecule has 1 saturated heterocycles. The molecule has 0 aromatic carbocycles. The Morgan fingerprint density at radius 1 is 1.50 bits per heavy atom. The average molecular weight is 267 g/mol. The second-order valence-electron chi connectivity index (χ2n) is 5.45. The highest BCUT2D eigenvalue weighted by Crippen LogP contribution is 2.29. The molecule has 1 aliphatic heterocycles. The van der Waals surface area contributed by atoms with Crippen LogP contribution in [0.4, 0.5) is 0 Å². The van der Waals surface area contributed by atoms with Crippen molar-refractivity contribution in [3.63, 3.8) is 0 Å². The van der Waals surface area contributed by atoms with Crippen molar-refractivity contribution in [2.24, 2.45) is 5.92 Å². The van der Waals surface area contributed by atoms with Crippen molar-refractivity contribution < 1.29 is 0 Å². The van der Waals surface area contributed by atoms with Crippen LogP contribution in [0.1, 0.15) is 43.6 Å². The van der Waals surface area contributed by atoms with Gasteiger partial charge in [0.15, 0.2) is 0 Å². The lowest BCUT2D eigenvalue weighted by Gasteiger charge is -2.41. The van der Waals surface area contributed by atoms with Gasteiger partial charge < -0.3 is 5.32 Å². The molecule has 0 radical (unpaired) electrons. The third-order valence-electron chi connectivity index (χ3n) is 3.87. The van der Waals surface area contributed by atoms with Gasteiger partial charge in [0, 0.05) is 36.8 Å². The lowest BCUT2D eigenvalue weighted by atomic mass is 9.99. The number of aromatic nitrogens is 1. The van der Waals surface area contributed by atoms with Crippen LogP contribution < -0.4 is 5.32 Å². The molecule has 0 bridgehead atoms. The quantitative estimate of drug-likeness (QED) is 0.909. The van der Waals surface area contributed by atoms with Crippen molar-refractivity contribution in [1.82, 2.24) is 15.2 Å². The van der Waals surface area contributed by atoms with Gasteiger partial charge in [-0.2, -0.15) is 0 Å². The summed E-state index contributed by atoms with van der Waals surface area (Å²) in [6, 6.07) is 1.08. The fraction of sp³-hybridized carbons (Fsp3) is 0.786. The van der Waals surface area contributed by atoms with Crippen LogP contribution in [0.3, 0.4) is 0 Å². The molecule has 1 N–H and O–H groups in total. The van der Waals surface area contributed by atoms with Crippen molar-refractivity contribution >= 4 is 11.3 Å². The Morgan fingerprint density at radius 2 is 2.28 bits per heavy atom. The minimum Gasteiger partial charge on any atom is -0.314 e. The monoisotopic (exact) mass is 267 g/mol. The molecule has 3 nitrogen and oxygen atoms in total. The van der Waals surface area contributed by atoms with Gasteiger partial charge in [-0.3, -0.25) is 4.90 Å². The summed E-state index contributed by atoms with van der Waals surface area (Å²) in [5.41, 5.74) is 0. The molecular weight excluding hydrogens is 242 g/mol. The first-order valence-corrected chi connectivity index (χ1v) is 7.86. The first-order chi connectivity index (χ1) is 8.63. The zero-order chi connectivity index (χ0) is 13.1.